The molecule has 6 heteroatoms. The minimum Gasteiger partial charge on any atom is -0.488 e. The van der Waals surface area contributed by atoms with Gasteiger partial charge in [0.25, 0.3) is 5.56 Å². The summed E-state index contributed by atoms with van der Waals surface area (Å²) in [5.41, 5.74) is 1.93. The molecule has 0 amide bonds. The van der Waals surface area contributed by atoms with Crippen LogP contribution in [0.4, 0.5) is 0 Å². The molecular weight excluding hydrogens is 386 g/mol. The van der Waals surface area contributed by atoms with Crippen LogP contribution < -0.4 is 10.3 Å². The zero-order chi connectivity index (χ0) is 20.0. The molecule has 2 aliphatic rings. The van der Waals surface area contributed by atoms with E-state index >= 15 is 0 Å². The first-order chi connectivity index (χ1) is 14.2. The van der Waals surface area contributed by atoms with Gasteiger partial charge >= 0.3 is 5.97 Å². The third-order valence-electron chi connectivity index (χ3n) is 5.61. The van der Waals surface area contributed by atoms with Crippen molar-refractivity contribution in [1.29, 1.82) is 0 Å². The molecule has 3 aromatic rings. The first-order valence-electron chi connectivity index (χ1n) is 9.77. The van der Waals surface area contributed by atoms with Gasteiger partial charge in [-0.2, -0.15) is 0 Å². The van der Waals surface area contributed by atoms with Crippen LogP contribution in [0.15, 0.2) is 58.4 Å². The highest BCUT2D eigenvalue weighted by Crippen LogP contribution is 2.48. The lowest BCUT2D eigenvalue weighted by Gasteiger charge is -2.17. The van der Waals surface area contributed by atoms with Gasteiger partial charge in [0.15, 0.2) is 0 Å². The smallest absolute Gasteiger partial charge is 0.329 e. The van der Waals surface area contributed by atoms with Gasteiger partial charge in [-0.05, 0) is 35.8 Å². The Balaban J connectivity index is 1.52. The van der Waals surface area contributed by atoms with Crippen molar-refractivity contribution in [3.05, 3.63) is 70.0 Å². The molecule has 1 aliphatic heterocycles. The number of pyridine rings is 1. The number of ether oxygens (including phenoxy) is 2. The average molecular weight is 407 g/mol. The lowest BCUT2D eigenvalue weighted by molar-refractivity contribution is -0.143. The van der Waals surface area contributed by atoms with Crippen molar-refractivity contribution in [2.24, 2.45) is 0 Å². The summed E-state index contributed by atoms with van der Waals surface area (Å²) in [4.78, 5) is 25.0. The van der Waals surface area contributed by atoms with E-state index in [0.29, 0.717) is 18.3 Å². The number of esters is 1. The van der Waals surface area contributed by atoms with Gasteiger partial charge in [-0.15, -0.1) is 11.8 Å². The normalized spacial score (nSPS) is 17.9. The van der Waals surface area contributed by atoms with Gasteiger partial charge in [0.2, 0.25) is 0 Å². The van der Waals surface area contributed by atoms with Crippen LogP contribution in [-0.4, -0.2) is 23.4 Å². The highest BCUT2D eigenvalue weighted by atomic mass is 32.2. The Morgan fingerprint density at radius 3 is 2.76 bits per heavy atom. The SMILES string of the molecule is COC(=O)[C@@H]1CSc2c(C3CC3)c(COc3cccc4ccccc34)cc(=O)n21. The number of benzene rings is 2. The molecule has 5 rings (SSSR count). The van der Waals surface area contributed by atoms with Crippen molar-refractivity contribution in [3.8, 4) is 5.75 Å². The van der Waals surface area contributed by atoms with Crippen molar-refractivity contribution in [2.75, 3.05) is 12.9 Å². The maximum absolute atomic E-state index is 12.9. The van der Waals surface area contributed by atoms with Crippen molar-refractivity contribution in [3.63, 3.8) is 0 Å². The second-order valence-electron chi connectivity index (χ2n) is 7.49. The molecule has 1 fully saturated rings. The van der Waals surface area contributed by atoms with Crippen molar-refractivity contribution < 1.29 is 14.3 Å². The number of hydrogen-bond donors (Lipinski definition) is 0. The van der Waals surface area contributed by atoms with Gasteiger partial charge in [-0.1, -0.05) is 36.4 Å². The van der Waals surface area contributed by atoms with Crippen LogP contribution in [-0.2, 0) is 16.1 Å². The highest BCUT2D eigenvalue weighted by Gasteiger charge is 2.38. The largest absolute Gasteiger partial charge is 0.488 e. The number of fused-ring (bicyclic) bond motifs is 2. The van der Waals surface area contributed by atoms with E-state index in [1.54, 1.807) is 22.4 Å². The lowest BCUT2D eigenvalue weighted by atomic mass is 10.1. The molecule has 5 nitrogen and oxygen atoms in total. The van der Waals surface area contributed by atoms with Crippen LogP contribution in [0.3, 0.4) is 0 Å². The molecule has 0 bridgehead atoms. The fourth-order valence-electron chi connectivity index (χ4n) is 4.05. The standard InChI is InChI=1S/C23H21NO4S/c1-27-23(26)18-13-29-22-21(15-9-10-15)16(11-20(25)24(18)22)12-28-19-8-4-6-14-5-2-3-7-17(14)19/h2-8,11,15,18H,9-10,12-13H2,1H3/t18-/m0/s1. The van der Waals surface area contributed by atoms with E-state index in [1.807, 2.05) is 30.3 Å². The number of nitrogens with zero attached hydrogens (tertiary/aromatic N) is 1. The molecule has 148 valence electrons. The number of carbonyl (C=O) groups excluding carboxylic acids is 1. The van der Waals surface area contributed by atoms with Crippen LogP contribution in [0.5, 0.6) is 5.75 Å². The fourth-order valence-corrected chi connectivity index (χ4v) is 5.46. The molecule has 0 saturated heterocycles. The van der Waals surface area contributed by atoms with E-state index in [9.17, 15) is 9.59 Å². The van der Waals surface area contributed by atoms with E-state index in [4.69, 9.17) is 9.47 Å². The maximum Gasteiger partial charge on any atom is 0.329 e. The zero-order valence-corrected chi connectivity index (χ0v) is 16.9. The maximum atomic E-state index is 12.9. The monoisotopic (exact) mass is 407 g/mol. The number of carbonyl (C=O) groups is 1. The second kappa shape index (κ2) is 7.26. The number of hydrogen-bond acceptors (Lipinski definition) is 5. The summed E-state index contributed by atoms with van der Waals surface area (Å²) in [5.74, 6) is 1.42. The van der Waals surface area contributed by atoms with Gasteiger partial charge < -0.3 is 9.47 Å². The Kier molecular flexibility index (Phi) is 4.59. The molecule has 1 aromatic heterocycles. The van der Waals surface area contributed by atoms with Crippen LogP contribution in [0.25, 0.3) is 10.8 Å². The zero-order valence-electron chi connectivity index (χ0n) is 16.1. The van der Waals surface area contributed by atoms with E-state index in [-0.39, 0.29) is 11.5 Å². The molecule has 0 unspecified atom stereocenters. The third-order valence-corrected chi connectivity index (χ3v) is 6.78. The van der Waals surface area contributed by atoms with Crippen LogP contribution in [0, 0.1) is 0 Å². The molecule has 0 N–H and O–H groups in total. The lowest BCUT2D eigenvalue weighted by Crippen LogP contribution is -2.30. The van der Waals surface area contributed by atoms with Gasteiger partial charge in [-0.3, -0.25) is 9.36 Å². The topological polar surface area (TPSA) is 57.5 Å². The number of aromatic nitrogens is 1. The first-order valence-corrected chi connectivity index (χ1v) is 10.8. The molecule has 2 aromatic carbocycles. The Morgan fingerprint density at radius 1 is 1.17 bits per heavy atom. The molecule has 29 heavy (non-hydrogen) atoms. The summed E-state index contributed by atoms with van der Waals surface area (Å²) in [7, 11) is 1.37. The molecule has 1 aliphatic carbocycles. The van der Waals surface area contributed by atoms with Gasteiger partial charge in [-0.25, -0.2) is 4.79 Å². The van der Waals surface area contributed by atoms with Crippen LogP contribution in [0.1, 0.15) is 35.9 Å². The minimum atomic E-state index is -0.543. The average Bonchev–Trinajstić information content (AvgIpc) is 3.48. The molecule has 1 atom stereocenters. The molecular formula is C23H21NO4S. The molecule has 2 heterocycles. The van der Waals surface area contributed by atoms with Crippen molar-refractivity contribution in [2.45, 2.75) is 36.4 Å². The fraction of sp³-hybridized carbons (Fsp3) is 0.304. The summed E-state index contributed by atoms with van der Waals surface area (Å²) >= 11 is 1.57. The van der Waals surface area contributed by atoms with Gasteiger partial charge in [0.1, 0.15) is 18.4 Å². The van der Waals surface area contributed by atoms with Crippen LogP contribution in [0.2, 0.25) is 0 Å². The Hall–Kier alpha value is -2.73. The molecule has 1 saturated carbocycles. The van der Waals surface area contributed by atoms with Crippen LogP contribution >= 0.6 is 11.8 Å². The van der Waals surface area contributed by atoms with Gasteiger partial charge in [0.05, 0.1) is 12.1 Å². The Labute approximate surface area is 172 Å². The second-order valence-corrected chi connectivity index (χ2v) is 8.50. The number of methoxy groups -OCH3 is 1. The predicted octanol–water partition coefficient (Wildman–Crippen LogP) is 4.28. The Morgan fingerprint density at radius 2 is 1.97 bits per heavy atom. The number of rotatable bonds is 5. The van der Waals surface area contributed by atoms with Crippen molar-refractivity contribution >= 4 is 28.5 Å². The quantitative estimate of drug-likeness (QED) is 0.591. The van der Waals surface area contributed by atoms with E-state index in [1.165, 1.54) is 12.7 Å². The number of thioether (sulfide) groups is 1. The van der Waals surface area contributed by atoms with Gasteiger partial charge in [0, 0.05) is 22.8 Å². The minimum absolute atomic E-state index is 0.165. The van der Waals surface area contributed by atoms with E-state index < -0.39 is 6.04 Å². The summed E-state index contributed by atoms with van der Waals surface area (Å²) in [6, 6.07) is 15.2. The van der Waals surface area contributed by atoms with E-state index in [2.05, 4.69) is 12.1 Å². The summed E-state index contributed by atoms with van der Waals surface area (Å²) in [6.45, 7) is 0.340. The van der Waals surface area contributed by atoms with Crippen molar-refractivity contribution in [1.82, 2.24) is 4.57 Å². The predicted molar refractivity (Wildman–Crippen MR) is 113 cm³/mol. The molecule has 0 radical (unpaired) electrons. The first kappa shape index (κ1) is 18.3. The summed E-state index contributed by atoms with van der Waals surface area (Å²) < 4.78 is 12.7. The summed E-state index contributed by atoms with van der Waals surface area (Å²) in [5, 5.41) is 3.09. The summed E-state index contributed by atoms with van der Waals surface area (Å²) in [6.07, 6.45) is 2.21. The Bertz CT molecular complexity index is 1160. The van der Waals surface area contributed by atoms with E-state index in [0.717, 1.165) is 40.0 Å². The molecule has 0 spiro atoms. The third kappa shape index (κ3) is 3.21. The highest BCUT2D eigenvalue weighted by molar-refractivity contribution is 7.99.